The summed E-state index contributed by atoms with van der Waals surface area (Å²) in [5, 5.41) is 2.95. The van der Waals surface area contributed by atoms with Gasteiger partial charge in [-0.05, 0) is 30.9 Å². The number of para-hydroxylation sites is 1. The Bertz CT molecular complexity index is 587. The van der Waals surface area contributed by atoms with E-state index in [2.05, 4.69) is 12.2 Å². The van der Waals surface area contributed by atoms with Crippen molar-refractivity contribution >= 4 is 11.9 Å². The molecule has 6 heteroatoms. The number of hydrogen-bond donors (Lipinski definition) is 1. The van der Waals surface area contributed by atoms with Crippen molar-refractivity contribution in [2.45, 2.75) is 38.6 Å². The Morgan fingerprint density at radius 2 is 1.92 bits per heavy atom. The second-order valence-corrected chi connectivity index (χ2v) is 6.05. The molecule has 1 amide bonds. The summed E-state index contributed by atoms with van der Waals surface area (Å²) < 4.78 is 15.5. The van der Waals surface area contributed by atoms with Crippen molar-refractivity contribution in [3.8, 4) is 11.5 Å². The van der Waals surface area contributed by atoms with E-state index in [4.69, 9.17) is 14.2 Å². The molecular formula is C18H25NO5. The number of ether oxygens (including phenoxy) is 3. The molecule has 0 saturated heterocycles. The Labute approximate surface area is 142 Å². The predicted molar refractivity (Wildman–Crippen MR) is 89.4 cm³/mol. The van der Waals surface area contributed by atoms with Gasteiger partial charge in [0.25, 0.3) is 5.91 Å². The van der Waals surface area contributed by atoms with Crippen molar-refractivity contribution in [3.63, 3.8) is 0 Å². The van der Waals surface area contributed by atoms with Gasteiger partial charge in [-0.2, -0.15) is 0 Å². The monoisotopic (exact) mass is 335 g/mol. The number of esters is 1. The molecule has 2 atom stereocenters. The van der Waals surface area contributed by atoms with Crippen molar-refractivity contribution in [2.75, 3.05) is 20.8 Å². The lowest BCUT2D eigenvalue weighted by Crippen LogP contribution is -2.42. The van der Waals surface area contributed by atoms with Gasteiger partial charge in [0.15, 0.2) is 18.1 Å². The number of hydrogen-bond acceptors (Lipinski definition) is 5. The number of nitrogens with one attached hydrogen (secondary N) is 1. The molecule has 0 aliphatic heterocycles. The number of carbonyl (C=O) groups excluding carboxylic acids is 2. The minimum absolute atomic E-state index is 0.163. The third-order valence-corrected chi connectivity index (χ3v) is 4.42. The van der Waals surface area contributed by atoms with Crippen molar-refractivity contribution in [2.24, 2.45) is 5.92 Å². The van der Waals surface area contributed by atoms with Crippen LogP contribution < -0.4 is 14.8 Å². The number of carbonyl (C=O) groups is 2. The smallest absolute Gasteiger partial charge is 0.342 e. The minimum atomic E-state index is -0.613. The highest BCUT2D eigenvalue weighted by Gasteiger charge is 2.24. The first-order valence-electron chi connectivity index (χ1n) is 8.24. The molecule has 0 aromatic heterocycles. The van der Waals surface area contributed by atoms with Crippen LogP contribution in [0, 0.1) is 5.92 Å². The van der Waals surface area contributed by atoms with E-state index in [1.165, 1.54) is 20.6 Å². The summed E-state index contributed by atoms with van der Waals surface area (Å²) in [5.74, 6) is 0.303. The summed E-state index contributed by atoms with van der Waals surface area (Å²) in [6, 6.07) is 5.09. The highest BCUT2D eigenvalue weighted by molar-refractivity contribution is 5.95. The normalized spacial score (nSPS) is 20.1. The van der Waals surface area contributed by atoms with Gasteiger partial charge in [-0.25, -0.2) is 4.79 Å². The van der Waals surface area contributed by atoms with Gasteiger partial charge in [-0.15, -0.1) is 0 Å². The zero-order valence-electron chi connectivity index (χ0n) is 14.5. The molecule has 1 aromatic carbocycles. The van der Waals surface area contributed by atoms with Crippen molar-refractivity contribution in [1.82, 2.24) is 5.32 Å². The fourth-order valence-electron chi connectivity index (χ4n) is 3.04. The zero-order valence-corrected chi connectivity index (χ0v) is 14.5. The first-order chi connectivity index (χ1) is 11.6. The molecule has 6 nitrogen and oxygen atoms in total. The van der Waals surface area contributed by atoms with Gasteiger partial charge >= 0.3 is 5.97 Å². The maximum atomic E-state index is 12.2. The number of amides is 1. The van der Waals surface area contributed by atoms with Crippen LogP contribution in [0.5, 0.6) is 11.5 Å². The molecule has 1 fully saturated rings. The van der Waals surface area contributed by atoms with E-state index in [9.17, 15) is 9.59 Å². The SMILES string of the molecule is COc1cccc(C(=O)OCC(=O)N[C@@H]2CCCC[C@@H]2C)c1OC. The first-order valence-corrected chi connectivity index (χ1v) is 8.24. The van der Waals surface area contributed by atoms with E-state index in [-0.39, 0.29) is 24.1 Å². The Morgan fingerprint density at radius 3 is 2.58 bits per heavy atom. The Balaban J connectivity index is 1.92. The molecule has 2 rings (SSSR count). The molecule has 0 bridgehead atoms. The maximum Gasteiger partial charge on any atom is 0.342 e. The summed E-state index contributed by atoms with van der Waals surface area (Å²) in [6.45, 7) is 1.83. The Morgan fingerprint density at radius 1 is 1.17 bits per heavy atom. The van der Waals surface area contributed by atoms with Crippen LogP contribution in [0.1, 0.15) is 43.0 Å². The molecule has 24 heavy (non-hydrogen) atoms. The largest absolute Gasteiger partial charge is 0.493 e. The maximum absolute atomic E-state index is 12.2. The number of methoxy groups -OCH3 is 2. The van der Waals surface area contributed by atoms with Gasteiger partial charge in [0, 0.05) is 6.04 Å². The molecule has 0 heterocycles. The van der Waals surface area contributed by atoms with Crippen LogP contribution in [0.2, 0.25) is 0 Å². The van der Waals surface area contributed by atoms with Crippen LogP contribution in [0.4, 0.5) is 0 Å². The highest BCUT2D eigenvalue weighted by atomic mass is 16.5. The van der Waals surface area contributed by atoms with Gasteiger partial charge in [0.1, 0.15) is 5.56 Å². The van der Waals surface area contributed by atoms with Crippen LogP contribution in [0.25, 0.3) is 0 Å². The lowest BCUT2D eigenvalue weighted by molar-refractivity contribution is -0.125. The van der Waals surface area contributed by atoms with Gasteiger partial charge in [0.2, 0.25) is 0 Å². The molecule has 0 radical (unpaired) electrons. The second kappa shape index (κ2) is 8.57. The lowest BCUT2D eigenvalue weighted by atomic mass is 9.86. The van der Waals surface area contributed by atoms with Crippen LogP contribution in [-0.2, 0) is 9.53 Å². The van der Waals surface area contributed by atoms with Gasteiger partial charge in [0.05, 0.1) is 14.2 Å². The second-order valence-electron chi connectivity index (χ2n) is 6.05. The summed E-state index contributed by atoms with van der Waals surface area (Å²) in [4.78, 5) is 24.2. The van der Waals surface area contributed by atoms with Gasteiger partial charge in [-0.1, -0.05) is 25.8 Å². The Hall–Kier alpha value is -2.24. The molecular weight excluding hydrogens is 310 g/mol. The third-order valence-electron chi connectivity index (χ3n) is 4.42. The van der Waals surface area contributed by atoms with Gasteiger partial charge in [-0.3, -0.25) is 4.79 Å². The van der Waals surface area contributed by atoms with Crippen molar-refractivity contribution in [1.29, 1.82) is 0 Å². The van der Waals surface area contributed by atoms with Gasteiger partial charge < -0.3 is 19.5 Å². The zero-order chi connectivity index (χ0) is 17.5. The van der Waals surface area contributed by atoms with Crippen LogP contribution in [-0.4, -0.2) is 38.7 Å². The van der Waals surface area contributed by atoms with E-state index >= 15 is 0 Å². The number of benzene rings is 1. The van der Waals surface area contributed by atoms with E-state index in [1.54, 1.807) is 18.2 Å². The number of rotatable bonds is 6. The highest BCUT2D eigenvalue weighted by Crippen LogP contribution is 2.31. The summed E-state index contributed by atoms with van der Waals surface area (Å²) in [5.41, 5.74) is 0.232. The van der Waals surface area contributed by atoms with E-state index in [0.29, 0.717) is 17.4 Å². The molecule has 1 aliphatic rings. The van der Waals surface area contributed by atoms with Crippen LogP contribution >= 0.6 is 0 Å². The Kier molecular flexibility index (Phi) is 6.46. The predicted octanol–water partition coefficient (Wildman–Crippen LogP) is 2.56. The molecule has 1 aliphatic carbocycles. The molecule has 132 valence electrons. The fraction of sp³-hybridized carbons (Fsp3) is 0.556. The average molecular weight is 335 g/mol. The van der Waals surface area contributed by atoms with Crippen LogP contribution in [0.15, 0.2) is 18.2 Å². The topological polar surface area (TPSA) is 73.9 Å². The first kappa shape index (κ1) is 18.1. The molecule has 1 aromatic rings. The van der Waals surface area contributed by atoms with E-state index < -0.39 is 5.97 Å². The lowest BCUT2D eigenvalue weighted by Gasteiger charge is -2.29. The average Bonchev–Trinajstić information content (AvgIpc) is 2.60. The third kappa shape index (κ3) is 4.40. The summed E-state index contributed by atoms with van der Waals surface area (Å²) >= 11 is 0. The summed E-state index contributed by atoms with van der Waals surface area (Å²) in [6.07, 6.45) is 4.42. The standard InChI is InChI=1S/C18H25NO5/c1-12-7-4-5-9-14(12)19-16(20)11-24-18(21)13-8-6-10-15(22-2)17(13)23-3/h6,8,10,12,14H,4-5,7,9,11H2,1-3H3,(H,19,20)/t12-,14+/m0/s1. The molecule has 1 saturated carbocycles. The van der Waals surface area contributed by atoms with Crippen molar-refractivity contribution in [3.05, 3.63) is 23.8 Å². The molecule has 0 unspecified atom stereocenters. The van der Waals surface area contributed by atoms with Crippen molar-refractivity contribution < 1.29 is 23.8 Å². The quantitative estimate of drug-likeness (QED) is 0.809. The fourth-order valence-corrected chi connectivity index (χ4v) is 3.04. The van der Waals surface area contributed by atoms with Crippen LogP contribution in [0.3, 0.4) is 0 Å². The molecule has 0 spiro atoms. The molecule has 1 N–H and O–H groups in total. The minimum Gasteiger partial charge on any atom is -0.493 e. The van der Waals surface area contributed by atoms with E-state index in [0.717, 1.165) is 19.3 Å². The summed E-state index contributed by atoms with van der Waals surface area (Å²) in [7, 11) is 2.94. The van der Waals surface area contributed by atoms with E-state index in [1.807, 2.05) is 0 Å².